The molecule has 0 radical (unpaired) electrons. The number of amides is 1. The molecule has 94 valence electrons. The minimum absolute atomic E-state index is 0.0274. The molecule has 0 saturated heterocycles. The van der Waals surface area contributed by atoms with Crippen LogP contribution in [0.4, 0.5) is 0 Å². The third kappa shape index (κ3) is 5.00. The Kier molecular flexibility index (Phi) is 4.70. The van der Waals surface area contributed by atoms with Crippen molar-refractivity contribution in [3.8, 4) is 0 Å². The highest BCUT2D eigenvalue weighted by Crippen LogP contribution is 2.19. The minimum Gasteiger partial charge on any atom is -0.394 e. The number of rotatable bonds is 4. The van der Waals surface area contributed by atoms with Crippen molar-refractivity contribution >= 4 is 5.91 Å². The summed E-state index contributed by atoms with van der Waals surface area (Å²) in [7, 11) is 0. The summed E-state index contributed by atoms with van der Waals surface area (Å²) >= 11 is 0. The molecule has 0 bridgehead atoms. The van der Waals surface area contributed by atoms with E-state index in [1.807, 2.05) is 51.1 Å². The van der Waals surface area contributed by atoms with Crippen LogP contribution in [0.25, 0.3) is 0 Å². The Labute approximate surface area is 103 Å². The molecule has 17 heavy (non-hydrogen) atoms. The molecule has 1 aromatic rings. The number of hydrogen-bond donors (Lipinski definition) is 2. The Morgan fingerprint density at radius 1 is 1.29 bits per heavy atom. The molecule has 1 unspecified atom stereocenters. The molecule has 1 atom stereocenters. The highest BCUT2D eigenvalue weighted by molar-refractivity contribution is 5.77. The van der Waals surface area contributed by atoms with Gasteiger partial charge in [0.1, 0.15) is 0 Å². The normalized spacial score (nSPS) is 13.2. The molecular weight excluding hydrogens is 214 g/mol. The fourth-order valence-corrected chi connectivity index (χ4v) is 1.65. The predicted molar refractivity (Wildman–Crippen MR) is 68.5 cm³/mol. The number of benzene rings is 1. The van der Waals surface area contributed by atoms with Crippen molar-refractivity contribution in [1.29, 1.82) is 0 Å². The Bertz CT molecular complexity index is 354. The van der Waals surface area contributed by atoms with Gasteiger partial charge in [-0.05, 0) is 11.0 Å². The number of aliphatic hydroxyl groups is 1. The van der Waals surface area contributed by atoms with Gasteiger partial charge in [-0.3, -0.25) is 4.79 Å². The zero-order valence-corrected chi connectivity index (χ0v) is 10.7. The van der Waals surface area contributed by atoms with E-state index in [0.29, 0.717) is 6.42 Å². The summed E-state index contributed by atoms with van der Waals surface area (Å²) < 4.78 is 0. The maximum absolute atomic E-state index is 11.8. The van der Waals surface area contributed by atoms with Crippen molar-refractivity contribution in [3.63, 3.8) is 0 Å². The average Bonchev–Trinajstić information content (AvgIpc) is 2.24. The molecule has 0 saturated carbocycles. The predicted octanol–water partition coefficient (Wildman–Crippen LogP) is 2.27. The first-order chi connectivity index (χ1) is 7.92. The molecule has 1 aromatic carbocycles. The van der Waals surface area contributed by atoms with Crippen molar-refractivity contribution in [2.45, 2.75) is 33.2 Å². The maximum atomic E-state index is 11.8. The van der Waals surface area contributed by atoms with E-state index in [2.05, 4.69) is 5.32 Å². The first kappa shape index (κ1) is 13.7. The molecule has 3 nitrogen and oxygen atoms in total. The fraction of sp³-hybridized carbons (Fsp3) is 0.500. The summed E-state index contributed by atoms with van der Waals surface area (Å²) in [5.41, 5.74) is 0.887. The Morgan fingerprint density at radius 2 is 1.88 bits per heavy atom. The van der Waals surface area contributed by atoms with Crippen LogP contribution >= 0.6 is 0 Å². The summed E-state index contributed by atoms with van der Waals surface area (Å²) in [6.45, 7) is 5.97. The van der Waals surface area contributed by atoms with Gasteiger partial charge >= 0.3 is 0 Å². The number of aliphatic hydroxyl groups excluding tert-OH is 1. The highest BCUT2D eigenvalue weighted by atomic mass is 16.3. The van der Waals surface area contributed by atoms with E-state index < -0.39 is 0 Å². The average molecular weight is 235 g/mol. The standard InChI is InChI=1S/C14H21NO2/c1-14(2,3)9-13(17)15-12(10-16)11-7-5-4-6-8-11/h4-8,12,16H,9-10H2,1-3H3,(H,15,17). The van der Waals surface area contributed by atoms with Gasteiger partial charge in [0, 0.05) is 6.42 Å². The molecule has 1 amide bonds. The molecular formula is C14H21NO2. The first-order valence-corrected chi connectivity index (χ1v) is 5.87. The summed E-state index contributed by atoms with van der Waals surface area (Å²) in [6, 6.07) is 9.19. The van der Waals surface area contributed by atoms with Crippen molar-refractivity contribution in [2.24, 2.45) is 5.41 Å². The van der Waals surface area contributed by atoms with E-state index in [1.54, 1.807) is 0 Å². The van der Waals surface area contributed by atoms with Gasteiger partial charge < -0.3 is 10.4 Å². The lowest BCUT2D eigenvalue weighted by Gasteiger charge is -2.21. The van der Waals surface area contributed by atoms with Gasteiger partial charge in [0.05, 0.1) is 12.6 Å². The molecule has 0 aliphatic rings. The molecule has 0 fully saturated rings. The van der Waals surface area contributed by atoms with E-state index in [4.69, 9.17) is 0 Å². The maximum Gasteiger partial charge on any atom is 0.221 e. The largest absolute Gasteiger partial charge is 0.394 e. The van der Waals surface area contributed by atoms with Crippen LogP contribution in [0.3, 0.4) is 0 Å². The van der Waals surface area contributed by atoms with Crippen molar-refractivity contribution in [3.05, 3.63) is 35.9 Å². The van der Waals surface area contributed by atoms with E-state index >= 15 is 0 Å². The SMILES string of the molecule is CC(C)(C)CC(=O)NC(CO)c1ccccc1. The molecule has 3 heteroatoms. The number of carbonyl (C=O) groups is 1. The second-order valence-corrected chi connectivity index (χ2v) is 5.45. The van der Waals surface area contributed by atoms with Gasteiger partial charge in [-0.15, -0.1) is 0 Å². The van der Waals surface area contributed by atoms with Gasteiger partial charge in [-0.1, -0.05) is 51.1 Å². The fourth-order valence-electron chi connectivity index (χ4n) is 1.65. The third-order valence-corrected chi connectivity index (χ3v) is 2.41. The second-order valence-electron chi connectivity index (χ2n) is 5.45. The van der Waals surface area contributed by atoms with Crippen molar-refractivity contribution in [1.82, 2.24) is 5.32 Å². The summed E-state index contributed by atoms with van der Waals surface area (Å²) in [5, 5.41) is 12.2. The zero-order valence-electron chi connectivity index (χ0n) is 10.7. The number of nitrogens with one attached hydrogen (secondary N) is 1. The van der Waals surface area contributed by atoms with Crippen LogP contribution < -0.4 is 5.32 Å². The van der Waals surface area contributed by atoms with E-state index in [-0.39, 0.29) is 24.0 Å². The molecule has 0 heterocycles. The summed E-state index contributed by atoms with van der Waals surface area (Å²) in [5.74, 6) is -0.0274. The molecule has 1 rings (SSSR count). The van der Waals surface area contributed by atoms with E-state index in [1.165, 1.54) is 0 Å². The van der Waals surface area contributed by atoms with Crippen LogP contribution in [-0.4, -0.2) is 17.6 Å². The van der Waals surface area contributed by atoms with Crippen LogP contribution in [0.1, 0.15) is 38.8 Å². The van der Waals surface area contributed by atoms with Gasteiger partial charge in [0.25, 0.3) is 0 Å². The smallest absolute Gasteiger partial charge is 0.221 e. The van der Waals surface area contributed by atoms with Crippen LogP contribution in [0.2, 0.25) is 0 Å². The second kappa shape index (κ2) is 5.82. The minimum atomic E-state index is -0.314. The van der Waals surface area contributed by atoms with Crippen LogP contribution in [0.15, 0.2) is 30.3 Å². The van der Waals surface area contributed by atoms with Crippen molar-refractivity contribution in [2.75, 3.05) is 6.61 Å². The van der Waals surface area contributed by atoms with Gasteiger partial charge in [-0.25, -0.2) is 0 Å². The first-order valence-electron chi connectivity index (χ1n) is 5.87. The van der Waals surface area contributed by atoms with E-state index in [9.17, 15) is 9.90 Å². The monoisotopic (exact) mass is 235 g/mol. The lowest BCUT2D eigenvalue weighted by molar-refractivity contribution is -0.123. The molecule has 0 aromatic heterocycles. The Balaban J connectivity index is 2.62. The topological polar surface area (TPSA) is 49.3 Å². The molecule has 0 aliphatic carbocycles. The highest BCUT2D eigenvalue weighted by Gasteiger charge is 2.19. The summed E-state index contributed by atoms with van der Waals surface area (Å²) in [6.07, 6.45) is 0.455. The van der Waals surface area contributed by atoms with E-state index in [0.717, 1.165) is 5.56 Å². The van der Waals surface area contributed by atoms with Gasteiger partial charge in [0.2, 0.25) is 5.91 Å². The lowest BCUT2D eigenvalue weighted by atomic mass is 9.91. The number of hydrogen-bond acceptors (Lipinski definition) is 2. The third-order valence-electron chi connectivity index (χ3n) is 2.41. The van der Waals surface area contributed by atoms with Crippen molar-refractivity contribution < 1.29 is 9.90 Å². The zero-order chi connectivity index (χ0) is 12.9. The van der Waals surface area contributed by atoms with Crippen LogP contribution in [0, 0.1) is 5.41 Å². The summed E-state index contributed by atoms with van der Waals surface area (Å²) in [4.78, 5) is 11.8. The quantitative estimate of drug-likeness (QED) is 0.841. The van der Waals surface area contributed by atoms with Crippen LogP contribution in [0.5, 0.6) is 0 Å². The van der Waals surface area contributed by atoms with Gasteiger partial charge in [0.15, 0.2) is 0 Å². The molecule has 2 N–H and O–H groups in total. The van der Waals surface area contributed by atoms with Gasteiger partial charge in [-0.2, -0.15) is 0 Å². The molecule has 0 aliphatic heterocycles. The Morgan fingerprint density at radius 3 is 2.35 bits per heavy atom. The van der Waals surface area contributed by atoms with Crippen LogP contribution in [-0.2, 0) is 4.79 Å². The lowest BCUT2D eigenvalue weighted by Crippen LogP contribution is -2.33. The Hall–Kier alpha value is -1.35. The molecule has 0 spiro atoms. The number of carbonyl (C=O) groups excluding carboxylic acids is 1.